The summed E-state index contributed by atoms with van der Waals surface area (Å²) in [6, 6.07) is 14.3. The van der Waals surface area contributed by atoms with Gasteiger partial charge in [0, 0.05) is 31.0 Å². The Morgan fingerprint density at radius 3 is 2.77 bits per heavy atom. The van der Waals surface area contributed by atoms with Crippen LogP contribution in [0.5, 0.6) is 0 Å². The Bertz CT molecular complexity index is 814. The first-order valence-electron chi connectivity index (χ1n) is 9.23. The highest BCUT2D eigenvalue weighted by Gasteiger charge is 2.19. The van der Waals surface area contributed by atoms with Crippen molar-refractivity contribution >= 4 is 11.7 Å². The molecule has 1 aliphatic rings. The lowest BCUT2D eigenvalue weighted by atomic mass is 9.94. The van der Waals surface area contributed by atoms with Crippen molar-refractivity contribution in [1.29, 1.82) is 0 Å². The van der Waals surface area contributed by atoms with Crippen LogP contribution in [0.4, 0.5) is 0 Å². The van der Waals surface area contributed by atoms with Crippen molar-refractivity contribution in [2.75, 3.05) is 13.1 Å². The summed E-state index contributed by atoms with van der Waals surface area (Å²) < 4.78 is 0. The van der Waals surface area contributed by atoms with Gasteiger partial charge >= 0.3 is 0 Å². The fraction of sp³-hybridized carbons (Fsp3) is 0.364. The normalized spacial score (nSPS) is 16.0. The summed E-state index contributed by atoms with van der Waals surface area (Å²) in [7, 11) is 0. The number of hydrogen-bond donors (Lipinski definition) is 2. The van der Waals surface area contributed by atoms with Crippen molar-refractivity contribution in [3.63, 3.8) is 0 Å². The molecule has 1 atom stereocenters. The molecule has 0 aromatic heterocycles. The van der Waals surface area contributed by atoms with Gasteiger partial charge in [-0.15, -0.1) is 0 Å². The van der Waals surface area contributed by atoms with E-state index < -0.39 is 0 Å². The van der Waals surface area contributed by atoms with E-state index in [1.807, 2.05) is 38.1 Å². The Morgan fingerprint density at radius 1 is 1.12 bits per heavy atom. The minimum absolute atomic E-state index is 0.0301. The van der Waals surface area contributed by atoms with Gasteiger partial charge < -0.3 is 10.6 Å². The summed E-state index contributed by atoms with van der Waals surface area (Å²) in [6.07, 6.45) is 1.48. The van der Waals surface area contributed by atoms with Gasteiger partial charge in [0.2, 0.25) is 5.91 Å². The van der Waals surface area contributed by atoms with Crippen molar-refractivity contribution in [3.05, 3.63) is 70.3 Å². The molecule has 3 rings (SSSR count). The van der Waals surface area contributed by atoms with Gasteiger partial charge in [0.05, 0.1) is 0 Å². The second kappa shape index (κ2) is 8.28. The number of rotatable bonds is 6. The number of amides is 1. The number of aryl methyl sites for hydroxylation is 2. The molecule has 0 saturated heterocycles. The first kappa shape index (κ1) is 18.3. The van der Waals surface area contributed by atoms with Crippen molar-refractivity contribution in [1.82, 2.24) is 10.6 Å². The van der Waals surface area contributed by atoms with Gasteiger partial charge in [0.15, 0.2) is 5.78 Å². The number of nitrogens with one attached hydrogen (secondary N) is 2. The summed E-state index contributed by atoms with van der Waals surface area (Å²) in [5.74, 6) is -0.0454. The molecular formula is C22H26N2O2. The predicted molar refractivity (Wildman–Crippen MR) is 103 cm³/mol. The molecule has 2 aromatic carbocycles. The van der Waals surface area contributed by atoms with Gasteiger partial charge in [0.25, 0.3) is 0 Å². The molecule has 0 bridgehead atoms. The van der Waals surface area contributed by atoms with E-state index in [1.165, 1.54) is 11.1 Å². The Kier molecular flexibility index (Phi) is 5.84. The summed E-state index contributed by atoms with van der Waals surface area (Å²) in [5, 5.41) is 6.43. The van der Waals surface area contributed by atoms with Crippen LogP contribution in [0, 0.1) is 13.8 Å². The number of benzene rings is 2. The summed E-state index contributed by atoms with van der Waals surface area (Å²) in [4.78, 5) is 24.6. The smallest absolute Gasteiger partial charge is 0.220 e. The fourth-order valence-corrected chi connectivity index (χ4v) is 3.48. The molecule has 26 heavy (non-hydrogen) atoms. The van der Waals surface area contributed by atoms with Crippen molar-refractivity contribution in [2.45, 2.75) is 39.2 Å². The standard InChI is InChI=1S/C22H26N2O2/c1-15-7-8-16(2)19(13-15)21(25)9-10-22(26)24-14-20-18-6-4-3-5-17(18)11-12-23-20/h3-8,13,20,23H,9-12,14H2,1-2H3,(H,24,26). The topological polar surface area (TPSA) is 58.2 Å². The Balaban J connectivity index is 1.51. The van der Waals surface area contributed by atoms with Crippen LogP contribution in [-0.4, -0.2) is 24.8 Å². The van der Waals surface area contributed by atoms with E-state index >= 15 is 0 Å². The Hall–Kier alpha value is -2.46. The first-order valence-corrected chi connectivity index (χ1v) is 9.23. The fourth-order valence-electron chi connectivity index (χ4n) is 3.48. The number of ketones is 1. The van der Waals surface area contributed by atoms with Gasteiger partial charge in [-0.05, 0) is 49.6 Å². The summed E-state index contributed by atoms with van der Waals surface area (Å²) >= 11 is 0. The molecule has 1 aliphatic heterocycles. The third-order valence-electron chi connectivity index (χ3n) is 4.99. The van der Waals surface area contributed by atoms with Crippen LogP contribution in [0.1, 0.15) is 51.5 Å². The van der Waals surface area contributed by atoms with Crippen molar-refractivity contribution in [3.8, 4) is 0 Å². The van der Waals surface area contributed by atoms with E-state index in [9.17, 15) is 9.59 Å². The predicted octanol–water partition coefficient (Wildman–Crippen LogP) is 3.27. The number of hydrogen-bond acceptors (Lipinski definition) is 3. The lowest BCUT2D eigenvalue weighted by molar-refractivity contribution is -0.121. The third-order valence-corrected chi connectivity index (χ3v) is 4.99. The molecule has 0 spiro atoms. The highest BCUT2D eigenvalue weighted by molar-refractivity contribution is 5.99. The van der Waals surface area contributed by atoms with Gasteiger partial charge in [-0.3, -0.25) is 9.59 Å². The number of carbonyl (C=O) groups excluding carboxylic acids is 2. The third kappa shape index (κ3) is 4.38. The Morgan fingerprint density at radius 2 is 1.92 bits per heavy atom. The van der Waals surface area contributed by atoms with E-state index in [4.69, 9.17) is 0 Å². The molecule has 0 saturated carbocycles. The van der Waals surface area contributed by atoms with Crippen LogP contribution in [-0.2, 0) is 11.2 Å². The lowest BCUT2D eigenvalue weighted by Gasteiger charge is -2.27. The quantitative estimate of drug-likeness (QED) is 0.786. The highest BCUT2D eigenvalue weighted by atomic mass is 16.2. The maximum Gasteiger partial charge on any atom is 0.220 e. The molecule has 2 aromatic rings. The zero-order chi connectivity index (χ0) is 18.5. The molecular weight excluding hydrogens is 324 g/mol. The van der Waals surface area contributed by atoms with Crippen LogP contribution in [0.2, 0.25) is 0 Å². The molecule has 136 valence electrons. The maximum absolute atomic E-state index is 12.4. The highest BCUT2D eigenvalue weighted by Crippen LogP contribution is 2.22. The SMILES string of the molecule is Cc1ccc(C)c(C(=O)CCC(=O)NCC2NCCc3ccccc32)c1. The summed E-state index contributed by atoms with van der Waals surface area (Å²) in [5.41, 5.74) is 5.34. The van der Waals surface area contributed by atoms with Crippen molar-refractivity contribution < 1.29 is 9.59 Å². The molecule has 4 heteroatoms. The lowest BCUT2D eigenvalue weighted by Crippen LogP contribution is -2.38. The van der Waals surface area contributed by atoms with Crippen LogP contribution in [0.25, 0.3) is 0 Å². The zero-order valence-electron chi connectivity index (χ0n) is 15.5. The molecule has 1 unspecified atom stereocenters. The van der Waals surface area contributed by atoms with E-state index in [0.717, 1.165) is 29.7 Å². The van der Waals surface area contributed by atoms with E-state index in [1.54, 1.807) is 0 Å². The second-order valence-corrected chi connectivity index (χ2v) is 7.00. The monoisotopic (exact) mass is 350 g/mol. The van der Waals surface area contributed by atoms with E-state index in [2.05, 4.69) is 28.8 Å². The molecule has 1 heterocycles. The van der Waals surface area contributed by atoms with Gasteiger partial charge in [-0.25, -0.2) is 0 Å². The maximum atomic E-state index is 12.4. The number of carbonyl (C=O) groups is 2. The van der Waals surface area contributed by atoms with Crippen LogP contribution in [0.3, 0.4) is 0 Å². The number of fused-ring (bicyclic) bond motifs is 1. The molecule has 2 N–H and O–H groups in total. The second-order valence-electron chi connectivity index (χ2n) is 7.00. The molecule has 0 aliphatic carbocycles. The number of Topliss-reactive ketones (excluding diaryl/α,β-unsaturated/α-hetero) is 1. The van der Waals surface area contributed by atoms with Crippen LogP contribution in [0.15, 0.2) is 42.5 Å². The minimum Gasteiger partial charge on any atom is -0.354 e. The van der Waals surface area contributed by atoms with E-state index in [-0.39, 0.29) is 30.6 Å². The summed E-state index contributed by atoms with van der Waals surface area (Å²) in [6.45, 7) is 5.37. The zero-order valence-corrected chi connectivity index (χ0v) is 15.5. The largest absolute Gasteiger partial charge is 0.354 e. The van der Waals surface area contributed by atoms with Gasteiger partial charge in [-0.1, -0.05) is 42.0 Å². The van der Waals surface area contributed by atoms with Crippen LogP contribution < -0.4 is 10.6 Å². The molecule has 4 nitrogen and oxygen atoms in total. The van der Waals surface area contributed by atoms with E-state index in [0.29, 0.717) is 6.54 Å². The van der Waals surface area contributed by atoms with Gasteiger partial charge in [0.1, 0.15) is 0 Å². The van der Waals surface area contributed by atoms with Crippen molar-refractivity contribution in [2.24, 2.45) is 0 Å². The average Bonchev–Trinajstić information content (AvgIpc) is 2.66. The molecule has 0 fully saturated rings. The Labute approximate surface area is 155 Å². The molecule has 1 amide bonds. The van der Waals surface area contributed by atoms with Gasteiger partial charge in [-0.2, -0.15) is 0 Å². The minimum atomic E-state index is -0.0755. The molecule has 0 radical (unpaired) electrons. The first-order chi connectivity index (χ1) is 12.5. The van der Waals surface area contributed by atoms with Crippen LogP contribution >= 0.6 is 0 Å². The average molecular weight is 350 g/mol.